The number of nitrogen functional groups attached to an aromatic ring is 2. The summed E-state index contributed by atoms with van der Waals surface area (Å²) in [6.07, 6.45) is 8.96. The number of aryl methyl sites for hydroxylation is 1. The summed E-state index contributed by atoms with van der Waals surface area (Å²) in [4.78, 5) is 8.21. The zero-order valence-electron chi connectivity index (χ0n) is 12.2. The molecule has 2 aromatic rings. The van der Waals surface area contributed by atoms with Crippen molar-refractivity contribution in [2.45, 2.75) is 51.9 Å². The number of nitrogens with zero attached hydrogens (tertiary/aromatic N) is 2. The van der Waals surface area contributed by atoms with Gasteiger partial charge in [0.1, 0.15) is 5.82 Å². The lowest BCUT2D eigenvalue weighted by Crippen LogP contribution is -2.00. The molecule has 108 valence electrons. The maximum absolute atomic E-state index is 5.90. The van der Waals surface area contributed by atoms with Crippen LogP contribution in [0.2, 0.25) is 0 Å². The minimum absolute atomic E-state index is 0.235. The lowest BCUT2D eigenvalue weighted by Gasteiger charge is -2.06. The summed E-state index contributed by atoms with van der Waals surface area (Å²) in [6.45, 7) is 2.24. The summed E-state index contributed by atoms with van der Waals surface area (Å²) >= 11 is 0. The zero-order valence-corrected chi connectivity index (χ0v) is 12.2. The molecule has 0 radical (unpaired) electrons. The van der Waals surface area contributed by atoms with E-state index in [4.69, 9.17) is 11.5 Å². The summed E-state index contributed by atoms with van der Waals surface area (Å²) in [5, 5.41) is 0.905. The van der Waals surface area contributed by atoms with Gasteiger partial charge in [-0.3, -0.25) is 0 Å². The van der Waals surface area contributed by atoms with E-state index in [9.17, 15) is 0 Å². The Bertz CT molecular complexity index is 566. The first-order valence-electron chi connectivity index (χ1n) is 7.52. The molecule has 0 aliphatic carbocycles. The lowest BCUT2D eigenvalue weighted by molar-refractivity contribution is 0.607. The van der Waals surface area contributed by atoms with Gasteiger partial charge in [-0.1, -0.05) is 45.1 Å². The topological polar surface area (TPSA) is 77.8 Å². The number of hydrogen-bond donors (Lipinski definition) is 2. The second-order valence-electron chi connectivity index (χ2n) is 5.34. The van der Waals surface area contributed by atoms with Crippen LogP contribution < -0.4 is 11.5 Å². The van der Waals surface area contributed by atoms with E-state index in [2.05, 4.69) is 29.0 Å². The smallest absolute Gasteiger partial charge is 0.222 e. The largest absolute Gasteiger partial charge is 0.383 e. The number of rotatable bonds is 7. The summed E-state index contributed by atoms with van der Waals surface area (Å²) in [6, 6.07) is 6.19. The molecule has 0 bridgehead atoms. The van der Waals surface area contributed by atoms with Gasteiger partial charge in [0.2, 0.25) is 5.95 Å². The predicted octanol–water partition coefficient (Wildman–Crippen LogP) is 3.70. The molecule has 1 heterocycles. The number of aromatic nitrogens is 2. The third-order valence-electron chi connectivity index (χ3n) is 3.63. The maximum Gasteiger partial charge on any atom is 0.222 e. The third kappa shape index (κ3) is 3.83. The zero-order chi connectivity index (χ0) is 14.4. The average Bonchev–Trinajstić information content (AvgIpc) is 2.43. The third-order valence-corrected chi connectivity index (χ3v) is 3.63. The Morgan fingerprint density at radius 2 is 1.70 bits per heavy atom. The van der Waals surface area contributed by atoms with E-state index >= 15 is 0 Å². The van der Waals surface area contributed by atoms with Crippen LogP contribution in [0.15, 0.2) is 18.2 Å². The first kappa shape index (κ1) is 14.6. The number of unbranched alkanes of at least 4 members (excludes halogenated alkanes) is 5. The number of benzene rings is 1. The Balaban J connectivity index is 1.94. The molecule has 1 aromatic carbocycles. The van der Waals surface area contributed by atoms with E-state index in [0.29, 0.717) is 5.82 Å². The molecule has 4 nitrogen and oxygen atoms in total. The molecule has 20 heavy (non-hydrogen) atoms. The fourth-order valence-corrected chi connectivity index (χ4v) is 2.48. The fourth-order valence-electron chi connectivity index (χ4n) is 2.48. The molecule has 2 rings (SSSR count). The van der Waals surface area contributed by atoms with Crippen LogP contribution in [0.3, 0.4) is 0 Å². The van der Waals surface area contributed by atoms with Crippen molar-refractivity contribution in [3.05, 3.63) is 23.8 Å². The van der Waals surface area contributed by atoms with Crippen LogP contribution >= 0.6 is 0 Å². The second-order valence-corrected chi connectivity index (χ2v) is 5.34. The Hall–Kier alpha value is -1.84. The molecule has 0 aliphatic heterocycles. The van der Waals surface area contributed by atoms with Gasteiger partial charge in [0.15, 0.2) is 0 Å². The van der Waals surface area contributed by atoms with E-state index in [0.717, 1.165) is 17.3 Å². The summed E-state index contributed by atoms with van der Waals surface area (Å²) in [5.74, 6) is 0.705. The number of anilines is 2. The van der Waals surface area contributed by atoms with Gasteiger partial charge in [-0.2, -0.15) is 4.98 Å². The SMILES string of the molecule is CCCCCCCCc1ccc2nc(N)nc(N)c2c1. The highest BCUT2D eigenvalue weighted by Gasteiger charge is 2.04. The van der Waals surface area contributed by atoms with Gasteiger partial charge in [0.25, 0.3) is 0 Å². The van der Waals surface area contributed by atoms with E-state index < -0.39 is 0 Å². The molecule has 4 heteroatoms. The van der Waals surface area contributed by atoms with Gasteiger partial charge in [-0.15, -0.1) is 0 Å². The van der Waals surface area contributed by atoms with Crippen LogP contribution in [0.5, 0.6) is 0 Å². The van der Waals surface area contributed by atoms with Crippen LogP contribution in [-0.2, 0) is 6.42 Å². The maximum atomic E-state index is 5.90. The number of hydrogen-bond acceptors (Lipinski definition) is 4. The van der Waals surface area contributed by atoms with Gasteiger partial charge in [0, 0.05) is 5.39 Å². The monoisotopic (exact) mass is 272 g/mol. The predicted molar refractivity (Wildman–Crippen MR) is 85.4 cm³/mol. The first-order chi connectivity index (χ1) is 9.70. The molecular formula is C16H24N4. The highest BCUT2D eigenvalue weighted by atomic mass is 15.0. The Kier molecular flexibility index (Phi) is 5.16. The number of nitrogens with two attached hydrogens (primary N) is 2. The quantitative estimate of drug-likeness (QED) is 0.753. The molecule has 0 fully saturated rings. The number of fused-ring (bicyclic) bond motifs is 1. The van der Waals surface area contributed by atoms with Crippen molar-refractivity contribution >= 4 is 22.7 Å². The fraction of sp³-hybridized carbons (Fsp3) is 0.500. The first-order valence-corrected chi connectivity index (χ1v) is 7.52. The van der Waals surface area contributed by atoms with Crippen molar-refractivity contribution in [2.75, 3.05) is 11.5 Å². The summed E-state index contributed by atoms with van der Waals surface area (Å²) in [7, 11) is 0. The van der Waals surface area contributed by atoms with E-state index in [1.54, 1.807) is 0 Å². The van der Waals surface area contributed by atoms with Gasteiger partial charge in [0.05, 0.1) is 5.52 Å². The van der Waals surface area contributed by atoms with Crippen molar-refractivity contribution in [1.29, 1.82) is 0 Å². The molecule has 0 atom stereocenters. The van der Waals surface area contributed by atoms with Gasteiger partial charge < -0.3 is 11.5 Å². The molecule has 0 saturated heterocycles. The molecule has 0 amide bonds. The summed E-state index contributed by atoms with van der Waals surface area (Å²) in [5.41, 5.74) is 13.6. The second kappa shape index (κ2) is 7.08. The minimum Gasteiger partial charge on any atom is -0.383 e. The minimum atomic E-state index is 0.235. The molecule has 0 saturated carbocycles. The summed E-state index contributed by atoms with van der Waals surface area (Å²) < 4.78 is 0. The highest BCUT2D eigenvalue weighted by Crippen LogP contribution is 2.21. The molecule has 0 aliphatic rings. The highest BCUT2D eigenvalue weighted by molar-refractivity contribution is 5.89. The van der Waals surface area contributed by atoms with Crippen molar-refractivity contribution in [3.8, 4) is 0 Å². The molecular weight excluding hydrogens is 248 g/mol. The lowest BCUT2D eigenvalue weighted by atomic mass is 10.0. The van der Waals surface area contributed by atoms with Crippen LogP contribution in [0.25, 0.3) is 10.9 Å². The van der Waals surface area contributed by atoms with Crippen molar-refractivity contribution < 1.29 is 0 Å². The van der Waals surface area contributed by atoms with Crippen LogP contribution in [0, 0.1) is 0 Å². The van der Waals surface area contributed by atoms with Gasteiger partial charge >= 0.3 is 0 Å². The Labute approximate surface area is 120 Å². The molecule has 1 aromatic heterocycles. The van der Waals surface area contributed by atoms with E-state index in [-0.39, 0.29) is 5.95 Å². The average molecular weight is 272 g/mol. The van der Waals surface area contributed by atoms with Crippen LogP contribution in [0.4, 0.5) is 11.8 Å². The van der Waals surface area contributed by atoms with Crippen molar-refractivity contribution in [2.24, 2.45) is 0 Å². The molecule has 4 N–H and O–H groups in total. The Morgan fingerprint density at radius 3 is 2.50 bits per heavy atom. The Morgan fingerprint density at radius 1 is 0.950 bits per heavy atom. The van der Waals surface area contributed by atoms with Crippen molar-refractivity contribution in [3.63, 3.8) is 0 Å². The van der Waals surface area contributed by atoms with Crippen molar-refractivity contribution in [1.82, 2.24) is 9.97 Å². The van der Waals surface area contributed by atoms with Crippen LogP contribution in [-0.4, -0.2) is 9.97 Å². The van der Waals surface area contributed by atoms with Crippen LogP contribution in [0.1, 0.15) is 51.0 Å². The van der Waals surface area contributed by atoms with E-state index in [1.165, 1.54) is 44.1 Å². The molecule has 0 unspecified atom stereocenters. The van der Waals surface area contributed by atoms with E-state index in [1.807, 2.05) is 6.07 Å². The normalized spacial score (nSPS) is 11.1. The standard InChI is InChI=1S/C16H24N4/c1-2-3-4-5-6-7-8-12-9-10-14-13(11-12)15(17)20-16(18)19-14/h9-11H,2-8H2,1H3,(H4,17,18,19,20). The van der Waals surface area contributed by atoms with Gasteiger partial charge in [-0.05, 0) is 30.5 Å². The van der Waals surface area contributed by atoms with Gasteiger partial charge in [-0.25, -0.2) is 4.98 Å². The molecule has 0 spiro atoms.